The number of hydrogen-bond donors (Lipinski definition) is 2. The summed E-state index contributed by atoms with van der Waals surface area (Å²) in [6.45, 7) is 5.63. The van der Waals surface area contributed by atoms with Crippen molar-refractivity contribution in [2.24, 2.45) is 11.8 Å². The van der Waals surface area contributed by atoms with Crippen molar-refractivity contribution in [3.05, 3.63) is 0 Å². The van der Waals surface area contributed by atoms with Gasteiger partial charge in [0.25, 0.3) is 0 Å². The highest BCUT2D eigenvalue weighted by molar-refractivity contribution is 5.81. The second-order valence-corrected chi connectivity index (χ2v) is 4.59. The van der Waals surface area contributed by atoms with Crippen LogP contribution in [0.3, 0.4) is 0 Å². The number of nitrogens with one attached hydrogen (secondary N) is 1. The number of hydrogen-bond acceptors (Lipinski definition) is 3. The van der Waals surface area contributed by atoms with Gasteiger partial charge in [-0.15, -0.1) is 0 Å². The lowest BCUT2D eigenvalue weighted by Gasteiger charge is -2.18. The highest BCUT2D eigenvalue weighted by Crippen LogP contribution is 2.20. The van der Waals surface area contributed by atoms with E-state index in [1.54, 1.807) is 0 Å². The van der Waals surface area contributed by atoms with Crippen molar-refractivity contribution in [3.63, 3.8) is 0 Å². The van der Waals surface area contributed by atoms with E-state index in [4.69, 9.17) is 9.84 Å². The molecule has 0 aliphatic carbocycles. The van der Waals surface area contributed by atoms with Crippen LogP contribution in [0, 0.1) is 11.8 Å². The average molecular weight is 229 g/mol. The summed E-state index contributed by atoms with van der Waals surface area (Å²) in [4.78, 5) is 11.8. The Hall–Kier alpha value is -0.610. The van der Waals surface area contributed by atoms with Crippen LogP contribution in [0.15, 0.2) is 0 Å². The highest BCUT2D eigenvalue weighted by atomic mass is 16.5. The van der Waals surface area contributed by atoms with Gasteiger partial charge in [0.1, 0.15) is 6.10 Å². The van der Waals surface area contributed by atoms with Gasteiger partial charge in [0.15, 0.2) is 0 Å². The van der Waals surface area contributed by atoms with Crippen molar-refractivity contribution in [2.75, 3.05) is 19.8 Å². The summed E-state index contributed by atoms with van der Waals surface area (Å²) in [5, 5.41) is 11.8. The molecule has 0 aromatic rings. The molecule has 1 heterocycles. The van der Waals surface area contributed by atoms with Crippen LogP contribution in [-0.4, -0.2) is 36.9 Å². The molecule has 1 fully saturated rings. The monoisotopic (exact) mass is 229 g/mol. The molecule has 0 spiro atoms. The van der Waals surface area contributed by atoms with Crippen molar-refractivity contribution < 1.29 is 14.6 Å². The van der Waals surface area contributed by atoms with Crippen molar-refractivity contribution in [1.82, 2.24) is 5.32 Å². The first-order valence-corrected chi connectivity index (χ1v) is 6.19. The molecule has 3 unspecified atom stereocenters. The predicted molar refractivity (Wildman–Crippen MR) is 62.0 cm³/mol. The van der Waals surface area contributed by atoms with E-state index < -0.39 is 0 Å². The number of aliphatic hydroxyl groups excluding tert-OH is 1. The van der Waals surface area contributed by atoms with Gasteiger partial charge in [-0.3, -0.25) is 4.79 Å². The Morgan fingerprint density at radius 2 is 2.38 bits per heavy atom. The molecule has 3 atom stereocenters. The van der Waals surface area contributed by atoms with Crippen molar-refractivity contribution in [3.8, 4) is 0 Å². The summed E-state index contributed by atoms with van der Waals surface area (Å²) in [5.41, 5.74) is 0. The zero-order chi connectivity index (χ0) is 12.0. The van der Waals surface area contributed by atoms with Crippen molar-refractivity contribution in [1.29, 1.82) is 0 Å². The summed E-state index contributed by atoms with van der Waals surface area (Å²) in [5.74, 6) is 0.685. The molecular formula is C12H23NO3. The van der Waals surface area contributed by atoms with Crippen LogP contribution in [0.2, 0.25) is 0 Å². The third kappa shape index (κ3) is 3.76. The lowest BCUT2D eigenvalue weighted by molar-refractivity contribution is -0.131. The number of carbonyl (C=O) groups is 1. The third-order valence-electron chi connectivity index (χ3n) is 3.33. The van der Waals surface area contributed by atoms with Gasteiger partial charge in [0.05, 0.1) is 0 Å². The molecule has 0 bridgehead atoms. The van der Waals surface area contributed by atoms with E-state index >= 15 is 0 Å². The van der Waals surface area contributed by atoms with E-state index in [1.165, 1.54) is 0 Å². The maximum atomic E-state index is 11.8. The van der Waals surface area contributed by atoms with Crippen molar-refractivity contribution >= 4 is 5.91 Å². The summed E-state index contributed by atoms with van der Waals surface area (Å²) < 4.78 is 5.39. The van der Waals surface area contributed by atoms with Gasteiger partial charge < -0.3 is 15.2 Å². The summed E-state index contributed by atoms with van der Waals surface area (Å²) in [6.07, 6.45) is 2.41. The fourth-order valence-electron chi connectivity index (χ4n) is 2.01. The minimum atomic E-state index is -0.272. The lowest BCUT2D eigenvalue weighted by Crippen LogP contribution is -2.39. The normalized spacial score (nSPS) is 26.7. The topological polar surface area (TPSA) is 58.6 Å². The van der Waals surface area contributed by atoms with Crippen LogP contribution in [0.1, 0.15) is 33.1 Å². The van der Waals surface area contributed by atoms with Gasteiger partial charge in [0, 0.05) is 19.8 Å². The van der Waals surface area contributed by atoms with E-state index in [-0.39, 0.29) is 18.6 Å². The maximum absolute atomic E-state index is 11.8. The van der Waals surface area contributed by atoms with Crippen molar-refractivity contribution in [2.45, 2.75) is 39.2 Å². The predicted octanol–water partition coefficient (Wildman–Crippen LogP) is 0.936. The zero-order valence-corrected chi connectivity index (χ0v) is 10.2. The van der Waals surface area contributed by atoms with E-state index in [1.807, 2.05) is 6.92 Å². The number of carbonyl (C=O) groups excluding carboxylic acids is 1. The molecule has 16 heavy (non-hydrogen) atoms. The zero-order valence-electron chi connectivity index (χ0n) is 10.2. The summed E-state index contributed by atoms with van der Waals surface area (Å²) in [6, 6.07) is 0. The van der Waals surface area contributed by atoms with Crippen LogP contribution in [-0.2, 0) is 9.53 Å². The minimum Gasteiger partial charge on any atom is -0.396 e. The average Bonchev–Trinajstić information content (AvgIpc) is 2.70. The van der Waals surface area contributed by atoms with Gasteiger partial charge in [-0.2, -0.15) is 0 Å². The Morgan fingerprint density at radius 3 is 2.88 bits per heavy atom. The van der Waals surface area contributed by atoms with E-state index in [0.29, 0.717) is 25.0 Å². The Bertz CT molecular complexity index is 220. The van der Waals surface area contributed by atoms with E-state index in [0.717, 1.165) is 19.3 Å². The molecule has 2 N–H and O–H groups in total. The van der Waals surface area contributed by atoms with E-state index in [2.05, 4.69) is 12.2 Å². The number of amides is 1. The molecule has 0 aromatic heterocycles. The number of ether oxygens (including phenoxy) is 1. The quantitative estimate of drug-likeness (QED) is 0.712. The molecule has 4 nitrogen and oxygen atoms in total. The standard InChI is InChI=1S/C12H23NO3/c1-3-10(4-6-14)8-13-12(15)11-9(2)5-7-16-11/h9-11,14H,3-8H2,1-2H3,(H,13,15). The largest absolute Gasteiger partial charge is 0.396 e. The summed E-state index contributed by atoms with van der Waals surface area (Å²) in [7, 11) is 0. The molecule has 4 heteroatoms. The molecule has 1 amide bonds. The number of aliphatic hydroxyl groups is 1. The van der Waals surface area contributed by atoms with Crippen LogP contribution >= 0.6 is 0 Å². The summed E-state index contributed by atoms with van der Waals surface area (Å²) >= 11 is 0. The molecule has 1 aliphatic rings. The van der Waals surface area contributed by atoms with Gasteiger partial charge in [-0.05, 0) is 24.7 Å². The SMILES string of the molecule is CCC(CCO)CNC(=O)C1OCCC1C. The smallest absolute Gasteiger partial charge is 0.249 e. The molecule has 1 saturated heterocycles. The molecular weight excluding hydrogens is 206 g/mol. The van der Waals surface area contributed by atoms with Crippen LogP contribution in [0.25, 0.3) is 0 Å². The highest BCUT2D eigenvalue weighted by Gasteiger charge is 2.30. The Morgan fingerprint density at radius 1 is 1.62 bits per heavy atom. The molecule has 0 radical (unpaired) electrons. The van der Waals surface area contributed by atoms with Crippen LogP contribution < -0.4 is 5.32 Å². The fourth-order valence-corrected chi connectivity index (χ4v) is 2.01. The first kappa shape index (κ1) is 13.5. The Balaban J connectivity index is 2.28. The van der Waals surface area contributed by atoms with E-state index in [9.17, 15) is 4.79 Å². The Labute approximate surface area is 97.4 Å². The lowest BCUT2D eigenvalue weighted by atomic mass is 10.0. The van der Waals surface area contributed by atoms with Gasteiger partial charge in [-0.25, -0.2) is 0 Å². The number of rotatable bonds is 6. The van der Waals surface area contributed by atoms with Crippen LogP contribution in [0.5, 0.6) is 0 Å². The Kier molecular flexibility index (Phi) is 5.77. The molecule has 1 aliphatic heterocycles. The van der Waals surface area contributed by atoms with Gasteiger partial charge in [0.2, 0.25) is 5.91 Å². The van der Waals surface area contributed by atoms with Gasteiger partial charge in [-0.1, -0.05) is 20.3 Å². The second-order valence-electron chi connectivity index (χ2n) is 4.59. The molecule has 1 rings (SSSR count). The molecule has 94 valence electrons. The first-order valence-electron chi connectivity index (χ1n) is 6.19. The molecule has 0 aromatic carbocycles. The minimum absolute atomic E-state index is 0.00129. The second kappa shape index (κ2) is 6.86. The first-order chi connectivity index (χ1) is 7.69. The fraction of sp³-hybridized carbons (Fsp3) is 0.917. The maximum Gasteiger partial charge on any atom is 0.249 e. The molecule has 0 saturated carbocycles. The van der Waals surface area contributed by atoms with Crippen LogP contribution in [0.4, 0.5) is 0 Å². The third-order valence-corrected chi connectivity index (χ3v) is 3.33. The van der Waals surface area contributed by atoms with Gasteiger partial charge >= 0.3 is 0 Å².